The minimum Gasteiger partial charge on any atom is -0.294 e. The third kappa shape index (κ3) is 5.91. The van der Waals surface area contributed by atoms with E-state index in [0.29, 0.717) is 0 Å². The molecule has 0 heterocycles. The molecule has 31 heavy (non-hydrogen) atoms. The fourth-order valence-corrected chi connectivity index (χ4v) is 8.22. The van der Waals surface area contributed by atoms with Gasteiger partial charge in [-0.15, -0.1) is 0 Å². The Labute approximate surface area is 196 Å². The molecule has 3 rings (SSSR count). The van der Waals surface area contributed by atoms with E-state index in [2.05, 4.69) is 67.2 Å². The van der Waals surface area contributed by atoms with E-state index in [4.69, 9.17) is 0 Å². The lowest BCUT2D eigenvalue weighted by Crippen LogP contribution is -2.61. The lowest BCUT2D eigenvalue weighted by Gasteiger charge is -2.57. The summed E-state index contributed by atoms with van der Waals surface area (Å²) in [5, 5.41) is 0. The summed E-state index contributed by atoms with van der Waals surface area (Å²) in [5.41, 5.74) is 0. The average Bonchev–Trinajstić information content (AvgIpc) is 2.67. The van der Waals surface area contributed by atoms with Gasteiger partial charge in [0.2, 0.25) is 0 Å². The van der Waals surface area contributed by atoms with Crippen molar-refractivity contribution in [3.05, 3.63) is 0 Å². The molecule has 0 saturated heterocycles. The second-order valence-corrected chi connectivity index (χ2v) is 13.6. The summed E-state index contributed by atoms with van der Waals surface area (Å²) in [6.45, 7) is 22.8. The Morgan fingerprint density at radius 1 is 0.452 bits per heavy atom. The summed E-state index contributed by atoms with van der Waals surface area (Å²) in [7, 11) is 0. The van der Waals surface area contributed by atoms with Crippen molar-refractivity contribution in [1.29, 1.82) is 0 Å². The lowest BCUT2D eigenvalue weighted by atomic mass is 9.66. The van der Waals surface area contributed by atoms with Crippen molar-refractivity contribution >= 4 is 0 Å². The number of nitrogens with zero attached hydrogens (tertiary/aromatic N) is 1. The Kier molecular flexibility index (Phi) is 9.01. The average molecular weight is 432 g/mol. The molecule has 0 radical (unpaired) electrons. The molecule has 1 nitrogen and oxygen atoms in total. The van der Waals surface area contributed by atoms with Crippen LogP contribution in [0.4, 0.5) is 0 Å². The summed E-state index contributed by atoms with van der Waals surface area (Å²) in [6, 6.07) is 2.45. The topological polar surface area (TPSA) is 3.24 Å². The highest BCUT2D eigenvalue weighted by molar-refractivity contribution is 5.00. The van der Waals surface area contributed by atoms with Gasteiger partial charge in [-0.2, -0.15) is 0 Å². The highest BCUT2D eigenvalue weighted by atomic mass is 15.2. The van der Waals surface area contributed by atoms with Crippen molar-refractivity contribution in [3.8, 4) is 0 Å². The monoisotopic (exact) mass is 431 g/mol. The van der Waals surface area contributed by atoms with Crippen LogP contribution in [0.1, 0.15) is 120 Å². The SMILES string of the molecule is CC1CCC(C(C)C)C(N(C2CC(C)CCC2C(C)C)C2CC(C)CCC2C(C)C)C1. The molecule has 0 N–H and O–H groups in total. The van der Waals surface area contributed by atoms with Crippen LogP contribution in [0.5, 0.6) is 0 Å². The summed E-state index contributed by atoms with van der Waals surface area (Å²) >= 11 is 0. The fraction of sp³-hybridized carbons (Fsp3) is 1.00. The molecular weight excluding hydrogens is 374 g/mol. The number of hydrogen-bond donors (Lipinski definition) is 0. The maximum Gasteiger partial charge on any atom is 0.0135 e. The van der Waals surface area contributed by atoms with Crippen LogP contribution >= 0.6 is 0 Å². The van der Waals surface area contributed by atoms with Crippen LogP contribution < -0.4 is 0 Å². The van der Waals surface area contributed by atoms with E-state index in [9.17, 15) is 0 Å². The zero-order valence-electron chi connectivity index (χ0n) is 22.7. The minimum atomic E-state index is 0.817. The molecule has 3 fully saturated rings. The molecule has 0 spiro atoms. The lowest BCUT2D eigenvalue weighted by molar-refractivity contribution is -0.0836. The van der Waals surface area contributed by atoms with Gasteiger partial charge in [0.1, 0.15) is 0 Å². The van der Waals surface area contributed by atoms with Gasteiger partial charge in [-0.25, -0.2) is 0 Å². The van der Waals surface area contributed by atoms with Crippen LogP contribution in [-0.2, 0) is 0 Å². The molecule has 9 unspecified atom stereocenters. The Morgan fingerprint density at radius 2 is 0.710 bits per heavy atom. The predicted octanol–water partition coefficient (Wildman–Crippen LogP) is 8.67. The maximum atomic E-state index is 3.29. The summed E-state index contributed by atoms with van der Waals surface area (Å²) < 4.78 is 0. The summed E-state index contributed by atoms with van der Waals surface area (Å²) in [4.78, 5) is 3.29. The van der Waals surface area contributed by atoms with E-state index >= 15 is 0 Å². The summed E-state index contributed by atoms with van der Waals surface area (Å²) in [6.07, 6.45) is 13.1. The largest absolute Gasteiger partial charge is 0.294 e. The zero-order valence-corrected chi connectivity index (χ0v) is 22.7. The van der Waals surface area contributed by atoms with Crippen LogP contribution in [0.2, 0.25) is 0 Å². The first-order valence-electron chi connectivity index (χ1n) is 14.4. The molecule has 0 bridgehead atoms. The van der Waals surface area contributed by atoms with Crippen molar-refractivity contribution in [3.63, 3.8) is 0 Å². The van der Waals surface area contributed by atoms with E-state index < -0.39 is 0 Å². The van der Waals surface area contributed by atoms with Gasteiger partial charge in [-0.1, -0.05) is 81.6 Å². The Morgan fingerprint density at radius 3 is 0.935 bits per heavy atom. The van der Waals surface area contributed by atoms with Crippen LogP contribution in [0.15, 0.2) is 0 Å². The Bertz CT molecular complexity index is 460. The van der Waals surface area contributed by atoms with Crippen molar-refractivity contribution in [2.45, 2.75) is 138 Å². The number of rotatable bonds is 6. The predicted molar refractivity (Wildman–Crippen MR) is 137 cm³/mol. The standard InChI is InChI=1S/C30H57N/c1-19(2)25-13-10-22(7)16-28(25)31(29-17-23(8)11-14-26(29)20(3)4)30-18-24(9)12-15-27(30)21(5)6/h19-30H,10-18H2,1-9H3. The first-order valence-corrected chi connectivity index (χ1v) is 14.4. The van der Waals surface area contributed by atoms with E-state index in [-0.39, 0.29) is 0 Å². The van der Waals surface area contributed by atoms with Crippen molar-refractivity contribution in [2.75, 3.05) is 0 Å². The van der Waals surface area contributed by atoms with Crippen molar-refractivity contribution in [2.24, 2.45) is 53.3 Å². The third-order valence-corrected chi connectivity index (χ3v) is 10.1. The quantitative estimate of drug-likeness (QED) is 0.406. The molecule has 0 aromatic carbocycles. The van der Waals surface area contributed by atoms with Gasteiger partial charge in [-0.3, -0.25) is 4.90 Å². The van der Waals surface area contributed by atoms with E-state index in [1.54, 1.807) is 0 Å². The van der Waals surface area contributed by atoms with Gasteiger partial charge in [0.25, 0.3) is 0 Å². The fourth-order valence-electron chi connectivity index (χ4n) is 8.22. The first kappa shape index (κ1) is 25.6. The second kappa shape index (κ2) is 10.9. The third-order valence-electron chi connectivity index (χ3n) is 10.1. The van der Waals surface area contributed by atoms with Crippen molar-refractivity contribution < 1.29 is 0 Å². The first-order chi connectivity index (χ1) is 14.6. The molecule has 0 aliphatic heterocycles. The summed E-state index contributed by atoms with van der Waals surface area (Å²) in [5.74, 6) is 7.84. The van der Waals surface area contributed by atoms with E-state index in [0.717, 1.165) is 71.4 Å². The normalized spacial score (nSPS) is 42.7. The molecular formula is C30H57N. The van der Waals surface area contributed by atoms with Gasteiger partial charge >= 0.3 is 0 Å². The van der Waals surface area contributed by atoms with Gasteiger partial charge in [0, 0.05) is 18.1 Å². The highest BCUT2D eigenvalue weighted by Crippen LogP contribution is 2.48. The van der Waals surface area contributed by atoms with Crippen LogP contribution in [0, 0.1) is 53.3 Å². The zero-order chi connectivity index (χ0) is 22.9. The molecule has 1 heteroatoms. The molecule has 0 amide bonds. The maximum absolute atomic E-state index is 3.29. The molecule has 3 saturated carbocycles. The molecule has 0 aromatic heterocycles. The van der Waals surface area contributed by atoms with E-state index in [1.807, 2.05) is 0 Å². The molecule has 9 atom stereocenters. The van der Waals surface area contributed by atoms with Crippen LogP contribution in [0.25, 0.3) is 0 Å². The van der Waals surface area contributed by atoms with Gasteiger partial charge < -0.3 is 0 Å². The second-order valence-electron chi connectivity index (χ2n) is 13.6. The molecule has 3 aliphatic rings. The van der Waals surface area contributed by atoms with Crippen LogP contribution in [0.3, 0.4) is 0 Å². The van der Waals surface area contributed by atoms with Gasteiger partial charge in [0.05, 0.1) is 0 Å². The highest BCUT2D eigenvalue weighted by Gasteiger charge is 2.47. The Hall–Kier alpha value is -0.0400. The molecule has 3 aliphatic carbocycles. The van der Waals surface area contributed by atoms with E-state index in [1.165, 1.54) is 57.8 Å². The smallest absolute Gasteiger partial charge is 0.0135 e. The Balaban J connectivity index is 2.05. The molecule has 0 aromatic rings. The molecule has 182 valence electrons. The van der Waals surface area contributed by atoms with Crippen molar-refractivity contribution in [1.82, 2.24) is 4.90 Å². The van der Waals surface area contributed by atoms with Gasteiger partial charge in [-0.05, 0) is 91.8 Å². The van der Waals surface area contributed by atoms with Gasteiger partial charge in [0.15, 0.2) is 0 Å². The number of hydrogen-bond acceptors (Lipinski definition) is 1. The van der Waals surface area contributed by atoms with Crippen LogP contribution in [-0.4, -0.2) is 23.0 Å². The minimum absolute atomic E-state index is 0.817.